The molecule has 4 heteroatoms. The summed E-state index contributed by atoms with van der Waals surface area (Å²) in [4.78, 5) is 11.8. The van der Waals surface area contributed by atoms with Crippen molar-refractivity contribution in [3.05, 3.63) is 35.4 Å². The molecule has 0 saturated heterocycles. The van der Waals surface area contributed by atoms with Gasteiger partial charge in [0, 0.05) is 5.56 Å². The number of amidine groups is 1. The van der Waals surface area contributed by atoms with Crippen LogP contribution >= 0.6 is 0 Å². The number of hydrogen-bond acceptors (Lipinski definition) is 3. The molecule has 19 heavy (non-hydrogen) atoms. The van der Waals surface area contributed by atoms with E-state index < -0.39 is 0 Å². The summed E-state index contributed by atoms with van der Waals surface area (Å²) in [5.41, 5.74) is 7.17. The minimum absolute atomic E-state index is 0.0417. The summed E-state index contributed by atoms with van der Waals surface area (Å²) in [6, 6.07) is 7.46. The minimum Gasteiger partial charge on any atom is -0.469 e. The predicted molar refractivity (Wildman–Crippen MR) is 76.1 cm³/mol. The summed E-state index contributed by atoms with van der Waals surface area (Å²) in [5, 5.41) is 7.44. The van der Waals surface area contributed by atoms with Gasteiger partial charge in [0.05, 0.1) is 13.0 Å². The van der Waals surface area contributed by atoms with E-state index in [0.717, 1.165) is 12.0 Å². The molecule has 0 saturated carbocycles. The van der Waals surface area contributed by atoms with Crippen LogP contribution in [0, 0.1) is 17.2 Å². The first-order valence-electron chi connectivity index (χ1n) is 6.50. The van der Waals surface area contributed by atoms with Crippen LogP contribution in [0.25, 0.3) is 0 Å². The van der Waals surface area contributed by atoms with Crippen molar-refractivity contribution in [1.29, 1.82) is 5.41 Å². The predicted octanol–water partition coefficient (Wildman–Crippen LogP) is 2.35. The third-order valence-corrected chi connectivity index (χ3v) is 3.53. The molecule has 0 radical (unpaired) electrons. The van der Waals surface area contributed by atoms with Crippen LogP contribution in [-0.2, 0) is 16.0 Å². The van der Waals surface area contributed by atoms with E-state index in [1.807, 2.05) is 18.2 Å². The lowest BCUT2D eigenvalue weighted by atomic mass is 9.86. The minimum atomic E-state index is -0.178. The lowest BCUT2D eigenvalue weighted by Gasteiger charge is -2.20. The fraction of sp³-hybridized carbons (Fsp3) is 0.467. The van der Waals surface area contributed by atoms with Crippen LogP contribution in [0.5, 0.6) is 0 Å². The van der Waals surface area contributed by atoms with Gasteiger partial charge in [-0.2, -0.15) is 0 Å². The third kappa shape index (κ3) is 4.09. The van der Waals surface area contributed by atoms with Crippen molar-refractivity contribution in [2.24, 2.45) is 17.6 Å². The molecule has 104 valence electrons. The highest BCUT2D eigenvalue weighted by atomic mass is 16.5. The first-order chi connectivity index (χ1) is 8.99. The smallest absolute Gasteiger partial charge is 0.309 e. The van der Waals surface area contributed by atoms with Crippen molar-refractivity contribution < 1.29 is 9.53 Å². The molecule has 1 aromatic rings. The molecule has 0 aliphatic rings. The van der Waals surface area contributed by atoms with E-state index in [4.69, 9.17) is 15.9 Å². The van der Waals surface area contributed by atoms with Gasteiger partial charge in [0.25, 0.3) is 0 Å². The zero-order chi connectivity index (χ0) is 14.4. The van der Waals surface area contributed by atoms with Gasteiger partial charge in [0.2, 0.25) is 0 Å². The molecule has 1 unspecified atom stereocenters. The second-order valence-corrected chi connectivity index (χ2v) is 4.83. The number of nitrogen functional groups attached to an aromatic ring is 1. The highest BCUT2D eigenvalue weighted by molar-refractivity contribution is 5.95. The molecule has 0 aliphatic carbocycles. The van der Waals surface area contributed by atoms with Crippen LogP contribution in [0.2, 0.25) is 0 Å². The number of carbonyl (C=O) groups excluding carboxylic acids is 1. The number of ether oxygens (including phenoxy) is 1. The van der Waals surface area contributed by atoms with E-state index in [1.165, 1.54) is 7.11 Å². The Bertz CT molecular complexity index is 457. The van der Waals surface area contributed by atoms with E-state index in [2.05, 4.69) is 13.8 Å². The van der Waals surface area contributed by atoms with Crippen molar-refractivity contribution in [1.82, 2.24) is 0 Å². The van der Waals surface area contributed by atoms with Crippen molar-refractivity contribution in [3.8, 4) is 0 Å². The largest absolute Gasteiger partial charge is 0.469 e. The summed E-state index contributed by atoms with van der Waals surface area (Å²) in [6.45, 7) is 4.11. The number of esters is 1. The molecule has 3 N–H and O–H groups in total. The topological polar surface area (TPSA) is 76.2 Å². The van der Waals surface area contributed by atoms with Crippen LogP contribution in [0.15, 0.2) is 24.3 Å². The van der Waals surface area contributed by atoms with E-state index in [-0.39, 0.29) is 23.6 Å². The Labute approximate surface area is 114 Å². The van der Waals surface area contributed by atoms with Crippen molar-refractivity contribution in [2.45, 2.75) is 26.7 Å². The highest BCUT2D eigenvalue weighted by Gasteiger charge is 2.25. The second-order valence-electron chi connectivity index (χ2n) is 4.83. The summed E-state index contributed by atoms with van der Waals surface area (Å²) in [5.74, 6) is -0.0340. The van der Waals surface area contributed by atoms with Crippen LogP contribution in [0.3, 0.4) is 0 Å². The number of benzene rings is 1. The van der Waals surface area contributed by atoms with Gasteiger partial charge in [-0.05, 0) is 24.0 Å². The standard InChI is InChI=1S/C15H22N2O2/c1-4-10(2)13(15(18)19-3)9-11-6-5-7-12(8-11)14(16)17/h5-8,10,13H,4,9H2,1-3H3,(H3,16,17)/t10?,13-/m1/s1. The van der Waals surface area contributed by atoms with E-state index in [0.29, 0.717) is 12.0 Å². The molecule has 4 nitrogen and oxygen atoms in total. The monoisotopic (exact) mass is 262 g/mol. The van der Waals surface area contributed by atoms with E-state index in [1.54, 1.807) is 6.07 Å². The molecular formula is C15H22N2O2. The number of rotatable bonds is 6. The molecule has 0 bridgehead atoms. The Morgan fingerprint density at radius 1 is 1.47 bits per heavy atom. The molecule has 1 aromatic carbocycles. The number of nitrogens with two attached hydrogens (primary N) is 1. The van der Waals surface area contributed by atoms with Gasteiger partial charge in [0.15, 0.2) is 0 Å². The Kier molecular flexibility index (Phi) is 5.55. The summed E-state index contributed by atoms with van der Waals surface area (Å²) >= 11 is 0. The molecule has 2 atom stereocenters. The van der Waals surface area contributed by atoms with Gasteiger partial charge in [-0.15, -0.1) is 0 Å². The maximum atomic E-state index is 11.8. The second kappa shape index (κ2) is 6.92. The molecular weight excluding hydrogens is 240 g/mol. The first kappa shape index (κ1) is 15.2. The van der Waals surface area contributed by atoms with Crippen molar-refractivity contribution >= 4 is 11.8 Å². The van der Waals surface area contributed by atoms with Gasteiger partial charge in [-0.25, -0.2) is 0 Å². The highest BCUT2D eigenvalue weighted by Crippen LogP contribution is 2.22. The summed E-state index contributed by atoms with van der Waals surface area (Å²) < 4.78 is 4.88. The summed E-state index contributed by atoms with van der Waals surface area (Å²) in [7, 11) is 1.42. The van der Waals surface area contributed by atoms with Crippen LogP contribution < -0.4 is 5.73 Å². The third-order valence-electron chi connectivity index (χ3n) is 3.53. The van der Waals surface area contributed by atoms with Gasteiger partial charge in [0.1, 0.15) is 5.84 Å². The maximum absolute atomic E-state index is 11.8. The molecule has 0 aliphatic heterocycles. The fourth-order valence-corrected chi connectivity index (χ4v) is 2.07. The number of nitrogens with one attached hydrogen (secondary N) is 1. The van der Waals surface area contributed by atoms with Gasteiger partial charge in [-0.3, -0.25) is 10.2 Å². The van der Waals surface area contributed by atoms with Gasteiger partial charge < -0.3 is 10.5 Å². The average Bonchev–Trinajstić information content (AvgIpc) is 2.43. The van der Waals surface area contributed by atoms with Crippen molar-refractivity contribution in [2.75, 3.05) is 7.11 Å². The lowest BCUT2D eigenvalue weighted by Crippen LogP contribution is -2.25. The average molecular weight is 262 g/mol. The Morgan fingerprint density at radius 3 is 2.68 bits per heavy atom. The number of carbonyl (C=O) groups is 1. The lowest BCUT2D eigenvalue weighted by molar-refractivity contribution is -0.147. The Balaban J connectivity index is 2.93. The number of methoxy groups -OCH3 is 1. The van der Waals surface area contributed by atoms with Crippen LogP contribution in [-0.4, -0.2) is 18.9 Å². The molecule has 0 amide bonds. The van der Waals surface area contributed by atoms with E-state index >= 15 is 0 Å². The Hall–Kier alpha value is -1.84. The van der Waals surface area contributed by atoms with Crippen LogP contribution in [0.1, 0.15) is 31.4 Å². The SMILES string of the molecule is CCC(C)[C@@H](Cc1cccc(C(=N)N)c1)C(=O)OC. The normalized spacial score (nSPS) is 13.6. The molecule has 1 rings (SSSR count). The molecule has 0 fully saturated rings. The molecule has 0 heterocycles. The van der Waals surface area contributed by atoms with Crippen molar-refractivity contribution in [3.63, 3.8) is 0 Å². The molecule has 0 aromatic heterocycles. The first-order valence-corrected chi connectivity index (χ1v) is 6.50. The zero-order valence-corrected chi connectivity index (χ0v) is 11.8. The number of hydrogen-bond donors (Lipinski definition) is 2. The van der Waals surface area contributed by atoms with Gasteiger partial charge in [-0.1, -0.05) is 38.5 Å². The maximum Gasteiger partial charge on any atom is 0.309 e. The Morgan fingerprint density at radius 2 is 2.16 bits per heavy atom. The van der Waals surface area contributed by atoms with Crippen LogP contribution in [0.4, 0.5) is 0 Å². The van der Waals surface area contributed by atoms with Gasteiger partial charge >= 0.3 is 5.97 Å². The molecule has 0 spiro atoms. The quantitative estimate of drug-likeness (QED) is 0.469. The van der Waals surface area contributed by atoms with E-state index in [9.17, 15) is 4.79 Å². The zero-order valence-electron chi connectivity index (χ0n) is 11.8. The fourth-order valence-electron chi connectivity index (χ4n) is 2.07. The summed E-state index contributed by atoms with van der Waals surface area (Å²) in [6.07, 6.45) is 1.54.